The van der Waals surface area contributed by atoms with Crippen LogP contribution in [-0.4, -0.2) is 19.0 Å². The van der Waals surface area contributed by atoms with Crippen molar-refractivity contribution in [2.75, 3.05) is 13.1 Å². The molecule has 0 aromatic heterocycles. The van der Waals surface area contributed by atoms with E-state index in [1.807, 2.05) is 0 Å². The van der Waals surface area contributed by atoms with Gasteiger partial charge in [0.25, 0.3) is 0 Å². The Balaban J connectivity index is 3.08. The maximum Gasteiger partial charge on any atom is 0.220 e. The second-order valence-electron chi connectivity index (χ2n) is 5.73. The summed E-state index contributed by atoms with van der Waals surface area (Å²) in [6.45, 7) is 5.91. The third-order valence-electron chi connectivity index (χ3n) is 3.16. The first-order valence-electron chi connectivity index (χ1n) is 7.87. The molecule has 0 saturated heterocycles. The molecule has 0 heterocycles. The van der Waals surface area contributed by atoms with E-state index in [9.17, 15) is 4.79 Å². The maximum atomic E-state index is 11.4. The topological polar surface area (TPSA) is 67.2 Å². The summed E-state index contributed by atoms with van der Waals surface area (Å²) >= 11 is 0. The van der Waals surface area contributed by atoms with E-state index < -0.39 is 0 Å². The minimum atomic E-state index is 0.198. The number of hydrogen-bond donors (Lipinski definition) is 3. The fourth-order valence-electron chi connectivity index (χ4n) is 2.08. The minimum absolute atomic E-state index is 0.198. The van der Waals surface area contributed by atoms with Gasteiger partial charge in [-0.3, -0.25) is 16.1 Å². The van der Waals surface area contributed by atoms with E-state index in [1.165, 1.54) is 44.9 Å². The van der Waals surface area contributed by atoms with E-state index in [4.69, 9.17) is 5.84 Å². The van der Waals surface area contributed by atoms with Crippen molar-refractivity contribution < 1.29 is 4.79 Å². The van der Waals surface area contributed by atoms with Gasteiger partial charge in [0, 0.05) is 19.5 Å². The zero-order valence-corrected chi connectivity index (χ0v) is 12.8. The Labute approximate surface area is 118 Å². The van der Waals surface area contributed by atoms with Crippen LogP contribution in [0.15, 0.2) is 0 Å². The summed E-state index contributed by atoms with van der Waals surface area (Å²) in [5, 5.41) is 2.98. The first kappa shape index (κ1) is 18.4. The number of unbranched alkanes of at least 4 members (excludes halogenated alkanes) is 7. The number of amides is 1. The first-order valence-corrected chi connectivity index (χ1v) is 7.87. The molecule has 0 aliphatic rings. The van der Waals surface area contributed by atoms with Crippen LogP contribution in [-0.2, 0) is 4.79 Å². The number of nitrogens with two attached hydrogens (primary N) is 1. The van der Waals surface area contributed by atoms with Crippen LogP contribution >= 0.6 is 0 Å². The molecule has 0 aliphatic carbocycles. The lowest BCUT2D eigenvalue weighted by molar-refractivity contribution is -0.121. The van der Waals surface area contributed by atoms with Crippen LogP contribution in [0.5, 0.6) is 0 Å². The van der Waals surface area contributed by atoms with Gasteiger partial charge < -0.3 is 5.32 Å². The van der Waals surface area contributed by atoms with Crippen LogP contribution < -0.4 is 16.6 Å². The van der Waals surface area contributed by atoms with Gasteiger partial charge in [-0.2, -0.15) is 0 Å². The fraction of sp³-hybridized carbons (Fsp3) is 0.933. The second-order valence-corrected chi connectivity index (χ2v) is 5.73. The molecule has 4 heteroatoms. The van der Waals surface area contributed by atoms with Gasteiger partial charge in [-0.15, -0.1) is 0 Å². The highest BCUT2D eigenvalue weighted by atomic mass is 16.1. The smallest absolute Gasteiger partial charge is 0.220 e. The van der Waals surface area contributed by atoms with Crippen molar-refractivity contribution in [3.8, 4) is 0 Å². The lowest BCUT2D eigenvalue weighted by Crippen LogP contribution is -2.25. The molecule has 1 amide bonds. The highest BCUT2D eigenvalue weighted by Gasteiger charge is 2.02. The SMILES string of the molecule is CC(C)CC(=O)NCCCCCCCCCCNN. The average molecular weight is 271 g/mol. The van der Waals surface area contributed by atoms with Crippen LogP contribution in [0.1, 0.15) is 71.6 Å². The Bertz CT molecular complexity index is 208. The standard InChI is InChI=1S/C15H33N3O/c1-14(2)13-15(19)17-11-9-7-5-3-4-6-8-10-12-18-16/h14,18H,3-13,16H2,1-2H3,(H,17,19). The number of carbonyl (C=O) groups is 1. The van der Waals surface area contributed by atoms with Gasteiger partial charge >= 0.3 is 0 Å². The van der Waals surface area contributed by atoms with Gasteiger partial charge in [0.05, 0.1) is 0 Å². The normalized spacial score (nSPS) is 10.9. The Kier molecular flexibility index (Phi) is 13.4. The van der Waals surface area contributed by atoms with Gasteiger partial charge in [-0.25, -0.2) is 0 Å². The summed E-state index contributed by atoms with van der Waals surface area (Å²) < 4.78 is 0. The predicted molar refractivity (Wildman–Crippen MR) is 81.6 cm³/mol. The molecule has 0 atom stereocenters. The number of hydrogen-bond acceptors (Lipinski definition) is 3. The number of rotatable bonds is 13. The van der Waals surface area contributed by atoms with Gasteiger partial charge in [0.2, 0.25) is 5.91 Å². The van der Waals surface area contributed by atoms with Crippen molar-refractivity contribution >= 4 is 5.91 Å². The molecule has 0 aliphatic heterocycles. The van der Waals surface area contributed by atoms with E-state index in [0.29, 0.717) is 12.3 Å². The Morgan fingerprint density at radius 3 is 1.84 bits per heavy atom. The van der Waals surface area contributed by atoms with Crippen molar-refractivity contribution in [2.24, 2.45) is 11.8 Å². The third-order valence-corrected chi connectivity index (χ3v) is 3.16. The average Bonchev–Trinajstić information content (AvgIpc) is 2.35. The minimum Gasteiger partial charge on any atom is -0.356 e. The van der Waals surface area contributed by atoms with Crippen LogP contribution in [0.2, 0.25) is 0 Å². The van der Waals surface area contributed by atoms with Gasteiger partial charge in [0.1, 0.15) is 0 Å². The van der Waals surface area contributed by atoms with E-state index in [1.54, 1.807) is 0 Å². The van der Waals surface area contributed by atoms with Crippen molar-refractivity contribution in [1.82, 2.24) is 10.7 Å². The summed E-state index contributed by atoms with van der Waals surface area (Å²) in [5.74, 6) is 5.86. The van der Waals surface area contributed by atoms with E-state index in [-0.39, 0.29) is 5.91 Å². The summed E-state index contributed by atoms with van der Waals surface area (Å²) in [6.07, 6.45) is 10.7. The maximum absolute atomic E-state index is 11.4. The molecule has 114 valence electrons. The molecule has 0 aromatic rings. The fourth-order valence-corrected chi connectivity index (χ4v) is 2.08. The van der Waals surface area contributed by atoms with Crippen LogP contribution in [0, 0.1) is 5.92 Å². The molecule has 0 aromatic carbocycles. The summed E-state index contributed by atoms with van der Waals surface area (Å²) in [4.78, 5) is 11.4. The molecule has 0 unspecified atom stereocenters. The molecule has 0 spiro atoms. The van der Waals surface area contributed by atoms with E-state index in [0.717, 1.165) is 19.5 Å². The van der Waals surface area contributed by atoms with Crippen molar-refractivity contribution in [3.63, 3.8) is 0 Å². The summed E-state index contributed by atoms with van der Waals surface area (Å²) in [6, 6.07) is 0. The number of hydrazine groups is 1. The molecular formula is C15H33N3O. The highest BCUT2D eigenvalue weighted by molar-refractivity contribution is 5.75. The second kappa shape index (κ2) is 13.8. The highest BCUT2D eigenvalue weighted by Crippen LogP contribution is 2.08. The Morgan fingerprint density at radius 1 is 0.895 bits per heavy atom. The molecule has 4 N–H and O–H groups in total. The zero-order valence-electron chi connectivity index (χ0n) is 12.8. The third kappa shape index (κ3) is 15.3. The molecule has 0 saturated carbocycles. The monoisotopic (exact) mass is 271 g/mol. The molecule has 0 radical (unpaired) electrons. The first-order chi connectivity index (χ1) is 9.16. The Morgan fingerprint density at radius 2 is 1.37 bits per heavy atom. The van der Waals surface area contributed by atoms with Crippen molar-refractivity contribution in [3.05, 3.63) is 0 Å². The van der Waals surface area contributed by atoms with Gasteiger partial charge in [-0.1, -0.05) is 52.4 Å². The largest absolute Gasteiger partial charge is 0.356 e. The van der Waals surface area contributed by atoms with Crippen LogP contribution in [0.25, 0.3) is 0 Å². The predicted octanol–water partition coefficient (Wildman–Crippen LogP) is 2.73. The molecule has 0 rings (SSSR count). The number of nitrogens with one attached hydrogen (secondary N) is 2. The summed E-state index contributed by atoms with van der Waals surface area (Å²) in [7, 11) is 0. The van der Waals surface area contributed by atoms with E-state index >= 15 is 0 Å². The van der Waals surface area contributed by atoms with Crippen LogP contribution in [0.4, 0.5) is 0 Å². The van der Waals surface area contributed by atoms with Crippen molar-refractivity contribution in [2.45, 2.75) is 71.6 Å². The van der Waals surface area contributed by atoms with Gasteiger partial charge in [-0.05, 0) is 18.8 Å². The molecule has 19 heavy (non-hydrogen) atoms. The zero-order chi connectivity index (χ0) is 14.3. The van der Waals surface area contributed by atoms with Gasteiger partial charge in [0.15, 0.2) is 0 Å². The summed E-state index contributed by atoms with van der Waals surface area (Å²) in [5.41, 5.74) is 2.68. The molecule has 0 bridgehead atoms. The number of carbonyl (C=O) groups excluding carboxylic acids is 1. The van der Waals surface area contributed by atoms with E-state index in [2.05, 4.69) is 24.6 Å². The van der Waals surface area contributed by atoms with Crippen LogP contribution in [0.3, 0.4) is 0 Å². The lowest BCUT2D eigenvalue weighted by Gasteiger charge is -2.07. The van der Waals surface area contributed by atoms with Crippen molar-refractivity contribution in [1.29, 1.82) is 0 Å². The molecular weight excluding hydrogens is 238 g/mol. The molecule has 0 fully saturated rings. The quantitative estimate of drug-likeness (QED) is 0.274. The Hall–Kier alpha value is -0.610. The molecule has 4 nitrogen and oxygen atoms in total. The lowest BCUT2D eigenvalue weighted by atomic mass is 10.1.